The van der Waals surface area contributed by atoms with Crippen LogP contribution in [-0.2, 0) is 4.79 Å². The number of nitrogens with two attached hydrogens (primary N) is 1. The van der Waals surface area contributed by atoms with Crippen LogP contribution in [0.3, 0.4) is 0 Å². The van der Waals surface area contributed by atoms with E-state index >= 15 is 0 Å². The molecule has 6 nitrogen and oxygen atoms in total. The number of Topliss-reactive ketones (excluding diaryl/α,β-unsaturated/α-hetero) is 1. The van der Waals surface area contributed by atoms with Gasteiger partial charge in [-0.15, -0.1) is 0 Å². The van der Waals surface area contributed by atoms with Gasteiger partial charge in [0.2, 0.25) is 0 Å². The summed E-state index contributed by atoms with van der Waals surface area (Å²) >= 11 is 0. The third-order valence-corrected chi connectivity index (χ3v) is 1.36. The first-order valence-electron chi connectivity index (χ1n) is 2.99. The van der Waals surface area contributed by atoms with Crippen LogP contribution < -0.4 is 5.73 Å². The zero-order valence-electron chi connectivity index (χ0n) is 6.48. The van der Waals surface area contributed by atoms with Crippen molar-refractivity contribution < 1.29 is 25.2 Å². The van der Waals surface area contributed by atoms with Crippen LogP contribution in [0.1, 0.15) is 6.92 Å². The summed E-state index contributed by atoms with van der Waals surface area (Å²) in [7, 11) is 0. The van der Waals surface area contributed by atoms with E-state index in [2.05, 4.69) is 12.3 Å². The van der Waals surface area contributed by atoms with Gasteiger partial charge >= 0.3 is 0 Å². The molecule has 0 aromatic rings. The van der Waals surface area contributed by atoms with Gasteiger partial charge in [0.05, 0.1) is 5.57 Å². The highest BCUT2D eigenvalue weighted by molar-refractivity contribution is 5.94. The quantitative estimate of drug-likeness (QED) is 0.238. The van der Waals surface area contributed by atoms with Crippen molar-refractivity contribution in [3.63, 3.8) is 0 Å². The van der Waals surface area contributed by atoms with E-state index in [1.807, 2.05) is 0 Å². The molecular weight excluding hydrogens is 166 g/mol. The fourth-order valence-corrected chi connectivity index (χ4v) is 0.468. The summed E-state index contributed by atoms with van der Waals surface area (Å²) in [6.45, 7) is 3.92. The number of aliphatic hydroxyl groups is 4. The number of ketones is 1. The summed E-state index contributed by atoms with van der Waals surface area (Å²) in [6, 6.07) is 0. The summed E-state index contributed by atoms with van der Waals surface area (Å²) in [5.41, 5.74) is 3.75. The molecule has 0 unspecified atom stereocenters. The molecule has 0 spiro atoms. The molecule has 0 atom stereocenters. The Morgan fingerprint density at radius 3 is 1.75 bits per heavy atom. The highest BCUT2D eigenvalue weighted by Crippen LogP contribution is 2.20. The van der Waals surface area contributed by atoms with E-state index in [-0.39, 0.29) is 0 Å². The fourth-order valence-electron chi connectivity index (χ4n) is 0.468. The highest BCUT2D eigenvalue weighted by atomic mass is 16.6. The third kappa shape index (κ3) is 1.87. The van der Waals surface area contributed by atoms with Crippen molar-refractivity contribution in [3.8, 4) is 0 Å². The first-order chi connectivity index (χ1) is 5.10. The Labute approximate surface area is 68.6 Å². The van der Waals surface area contributed by atoms with Crippen molar-refractivity contribution in [2.75, 3.05) is 0 Å². The van der Waals surface area contributed by atoms with Crippen molar-refractivity contribution in [1.29, 1.82) is 0 Å². The number of rotatable bonds is 3. The Kier molecular flexibility index (Phi) is 2.73. The maximum absolute atomic E-state index is 10.5. The Hall–Kier alpha value is -0.790. The van der Waals surface area contributed by atoms with E-state index in [4.69, 9.17) is 20.4 Å². The second-order valence-electron chi connectivity index (χ2n) is 2.43. The van der Waals surface area contributed by atoms with Crippen LogP contribution in [-0.4, -0.2) is 37.9 Å². The minimum Gasteiger partial charge on any atom is -0.357 e. The van der Waals surface area contributed by atoms with Crippen LogP contribution in [0.2, 0.25) is 0 Å². The van der Waals surface area contributed by atoms with E-state index in [0.717, 1.165) is 6.92 Å². The lowest BCUT2D eigenvalue weighted by molar-refractivity contribution is -0.334. The van der Waals surface area contributed by atoms with Crippen molar-refractivity contribution in [2.45, 2.75) is 18.6 Å². The monoisotopic (exact) mass is 177 g/mol. The van der Waals surface area contributed by atoms with Gasteiger partial charge in [-0.1, -0.05) is 6.58 Å². The summed E-state index contributed by atoms with van der Waals surface area (Å²) in [5.74, 6) is -7.35. The largest absolute Gasteiger partial charge is 0.357 e. The van der Waals surface area contributed by atoms with Crippen molar-refractivity contribution in [3.05, 3.63) is 12.2 Å². The van der Waals surface area contributed by atoms with E-state index < -0.39 is 23.1 Å². The molecule has 0 saturated carbocycles. The Morgan fingerprint density at radius 2 is 1.67 bits per heavy atom. The Morgan fingerprint density at radius 1 is 1.33 bits per heavy atom. The van der Waals surface area contributed by atoms with Gasteiger partial charge in [0.15, 0.2) is 5.78 Å². The number of carbonyl (C=O) groups is 1. The predicted molar refractivity (Wildman–Crippen MR) is 38.3 cm³/mol. The topological polar surface area (TPSA) is 124 Å². The van der Waals surface area contributed by atoms with Gasteiger partial charge < -0.3 is 20.4 Å². The average molecular weight is 177 g/mol. The van der Waals surface area contributed by atoms with Gasteiger partial charge in [-0.05, 0) is 6.92 Å². The van der Waals surface area contributed by atoms with Gasteiger partial charge in [0.1, 0.15) is 0 Å². The molecule has 0 aromatic heterocycles. The average Bonchev–Trinajstić information content (AvgIpc) is 1.83. The van der Waals surface area contributed by atoms with Gasteiger partial charge in [-0.2, -0.15) is 0 Å². The van der Waals surface area contributed by atoms with E-state index in [1.54, 1.807) is 0 Å². The normalized spacial score (nSPS) is 12.8. The highest BCUT2D eigenvalue weighted by Gasteiger charge is 2.48. The van der Waals surface area contributed by atoms with Gasteiger partial charge in [0.25, 0.3) is 11.7 Å². The molecule has 70 valence electrons. The molecule has 0 aliphatic heterocycles. The Balaban J connectivity index is 4.87. The van der Waals surface area contributed by atoms with Crippen LogP contribution in [0.25, 0.3) is 0 Å². The molecule has 0 radical (unpaired) electrons. The number of hydrogen-bond acceptors (Lipinski definition) is 6. The van der Waals surface area contributed by atoms with E-state index in [9.17, 15) is 4.79 Å². The first-order valence-corrected chi connectivity index (χ1v) is 2.99. The van der Waals surface area contributed by atoms with E-state index in [0.29, 0.717) is 0 Å². The molecular formula is C6H11NO5. The molecule has 0 aliphatic carbocycles. The SMILES string of the molecule is C=C(C(C)=O)C(O)(O)C(N)(O)O. The fraction of sp³-hybridized carbons (Fsp3) is 0.500. The summed E-state index contributed by atoms with van der Waals surface area (Å²) < 4.78 is 0. The minimum atomic E-state index is -3.31. The second kappa shape index (κ2) is 2.92. The number of hydrogen-bond donors (Lipinski definition) is 5. The van der Waals surface area contributed by atoms with E-state index in [1.165, 1.54) is 0 Å². The molecule has 0 aromatic carbocycles. The molecule has 6 heteroatoms. The van der Waals surface area contributed by atoms with Gasteiger partial charge in [-0.25, -0.2) is 0 Å². The standard InChI is InChI=1S/C6H11NO5/c1-3(4(2)8)5(9,10)6(7,11)12/h9-12H,1,7H2,2H3. The van der Waals surface area contributed by atoms with Crippen LogP contribution in [0.4, 0.5) is 0 Å². The van der Waals surface area contributed by atoms with Gasteiger partial charge in [-0.3, -0.25) is 10.5 Å². The summed E-state index contributed by atoms with van der Waals surface area (Å²) in [6.07, 6.45) is 0. The minimum absolute atomic E-state index is 0.796. The molecule has 6 N–H and O–H groups in total. The summed E-state index contributed by atoms with van der Waals surface area (Å²) in [4.78, 5) is 10.5. The molecule has 0 fully saturated rings. The molecule has 12 heavy (non-hydrogen) atoms. The molecule has 0 amide bonds. The molecule has 0 bridgehead atoms. The first kappa shape index (κ1) is 11.2. The predicted octanol–water partition coefficient (Wildman–Crippen LogP) is -2.59. The zero-order chi connectivity index (χ0) is 10.2. The van der Waals surface area contributed by atoms with Crippen LogP contribution in [0.15, 0.2) is 12.2 Å². The van der Waals surface area contributed by atoms with Gasteiger partial charge in [0, 0.05) is 0 Å². The second-order valence-corrected chi connectivity index (χ2v) is 2.43. The lowest BCUT2D eigenvalue weighted by Crippen LogP contribution is -2.62. The maximum atomic E-state index is 10.5. The molecule has 0 heterocycles. The van der Waals surface area contributed by atoms with Crippen molar-refractivity contribution >= 4 is 5.78 Å². The van der Waals surface area contributed by atoms with Crippen molar-refractivity contribution in [1.82, 2.24) is 0 Å². The lowest BCUT2D eigenvalue weighted by Gasteiger charge is -2.31. The van der Waals surface area contributed by atoms with Crippen molar-refractivity contribution in [2.24, 2.45) is 5.73 Å². The smallest absolute Gasteiger partial charge is 0.281 e. The molecule has 0 rings (SSSR count). The molecule has 0 aliphatic rings. The summed E-state index contributed by atoms with van der Waals surface area (Å²) in [5, 5.41) is 35.0. The van der Waals surface area contributed by atoms with Crippen LogP contribution in [0, 0.1) is 0 Å². The number of carbonyl (C=O) groups excluding carboxylic acids is 1. The Bertz CT molecular complexity index is 214. The molecule has 0 saturated heterocycles. The zero-order valence-corrected chi connectivity index (χ0v) is 6.48. The third-order valence-electron chi connectivity index (χ3n) is 1.36. The maximum Gasteiger partial charge on any atom is 0.281 e. The lowest BCUT2D eigenvalue weighted by atomic mass is 10.0. The van der Waals surface area contributed by atoms with Crippen LogP contribution >= 0.6 is 0 Å². The van der Waals surface area contributed by atoms with Crippen LogP contribution in [0.5, 0.6) is 0 Å².